The van der Waals surface area contributed by atoms with Crippen LogP contribution < -0.4 is 15.1 Å². The summed E-state index contributed by atoms with van der Waals surface area (Å²) in [5.41, 5.74) is 0.567. The van der Waals surface area contributed by atoms with Crippen molar-refractivity contribution < 1.29 is 33.3 Å². The highest BCUT2D eigenvalue weighted by Crippen LogP contribution is 2.39. The SMILES string of the molecule is Cc1cc(F)ccc1-c1nc(N(C)C(O)(O)CO)nc2c1CNC(=O)N2c1c(F)cccc1F. The van der Waals surface area contributed by atoms with Crippen LogP contribution in [0.3, 0.4) is 0 Å². The number of aryl methyl sites for hydroxylation is 1. The molecule has 0 saturated carbocycles. The van der Waals surface area contributed by atoms with Gasteiger partial charge >= 0.3 is 6.03 Å². The second-order valence-electron chi connectivity index (χ2n) is 7.69. The summed E-state index contributed by atoms with van der Waals surface area (Å²) in [6.45, 7) is 0.364. The van der Waals surface area contributed by atoms with Crippen LogP contribution in [0, 0.1) is 24.4 Å². The van der Waals surface area contributed by atoms with Gasteiger partial charge in [-0.1, -0.05) is 6.07 Å². The molecule has 0 bridgehead atoms. The molecule has 0 saturated heterocycles. The van der Waals surface area contributed by atoms with Gasteiger partial charge in [0.05, 0.1) is 12.2 Å². The number of carbonyl (C=O) groups excluding carboxylic acids is 1. The smallest absolute Gasteiger partial charge is 0.328 e. The van der Waals surface area contributed by atoms with E-state index in [1.807, 2.05) is 0 Å². The average Bonchev–Trinajstić information content (AvgIpc) is 2.79. The van der Waals surface area contributed by atoms with Gasteiger partial charge in [0.2, 0.25) is 5.95 Å². The minimum atomic E-state index is -2.80. The zero-order valence-corrected chi connectivity index (χ0v) is 18.1. The van der Waals surface area contributed by atoms with Crippen molar-refractivity contribution in [3.8, 4) is 11.3 Å². The molecule has 0 spiro atoms. The van der Waals surface area contributed by atoms with E-state index in [2.05, 4.69) is 15.3 Å². The van der Waals surface area contributed by atoms with Crippen LogP contribution in [-0.2, 0) is 6.54 Å². The van der Waals surface area contributed by atoms with Crippen molar-refractivity contribution in [2.45, 2.75) is 19.4 Å². The van der Waals surface area contributed by atoms with E-state index < -0.39 is 41.7 Å². The van der Waals surface area contributed by atoms with Crippen molar-refractivity contribution in [2.24, 2.45) is 0 Å². The van der Waals surface area contributed by atoms with Gasteiger partial charge in [-0.2, -0.15) is 4.98 Å². The van der Waals surface area contributed by atoms with E-state index in [4.69, 9.17) is 0 Å². The summed E-state index contributed by atoms with van der Waals surface area (Å²) in [6.07, 6.45) is 0. The first-order valence-corrected chi connectivity index (χ1v) is 10.0. The van der Waals surface area contributed by atoms with Gasteiger partial charge in [-0.15, -0.1) is 0 Å². The Labute approximate surface area is 191 Å². The number of para-hydroxylation sites is 1. The van der Waals surface area contributed by atoms with E-state index in [1.165, 1.54) is 18.2 Å². The average molecular weight is 475 g/mol. The van der Waals surface area contributed by atoms with Crippen LogP contribution in [-0.4, -0.2) is 50.9 Å². The van der Waals surface area contributed by atoms with Crippen LogP contribution in [0.1, 0.15) is 11.1 Å². The van der Waals surface area contributed by atoms with Crippen molar-refractivity contribution in [2.75, 3.05) is 23.5 Å². The Morgan fingerprint density at radius 2 is 1.82 bits per heavy atom. The maximum Gasteiger partial charge on any atom is 0.328 e. The van der Waals surface area contributed by atoms with E-state index >= 15 is 0 Å². The fourth-order valence-corrected chi connectivity index (χ4v) is 3.59. The van der Waals surface area contributed by atoms with Crippen molar-refractivity contribution in [3.63, 3.8) is 0 Å². The lowest BCUT2D eigenvalue weighted by molar-refractivity contribution is -0.183. The highest BCUT2D eigenvalue weighted by Gasteiger charge is 2.37. The lowest BCUT2D eigenvalue weighted by atomic mass is 10.00. The Morgan fingerprint density at radius 3 is 2.44 bits per heavy atom. The Hall–Kier alpha value is -3.74. The molecule has 0 radical (unpaired) electrons. The Balaban J connectivity index is 2.04. The molecule has 2 aromatic carbocycles. The number of likely N-dealkylation sites (N-methyl/N-ethyl adjacent to an activating group) is 1. The van der Waals surface area contributed by atoms with Crippen LogP contribution in [0.5, 0.6) is 0 Å². The molecular weight excluding hydrogens is 455 g/mol. The van der Waals surface area contributed by atoms with Gasteiger partial charge in [0.25, 0.3) is 5.91 Å². The third-order valence-electron chi connectivity index (χ3n) is 5.46. The molecule has 2 heterocycles. The zero-order chi connectivity index (χ0) is 24.8. The molecule has 0 unspecified atom stereocenters. The van der Waals surface area contributed by atoms with E-state index in [-0.39, 0.29) is 29.6 Å². The molecule has 12 heteroatoms. The summed E-state index contributed by atoms with van der Waals surface area (Å²) >= 11 is 0. The first kappa shape index (κ1) is 23.4. The molecule has 0 fully saturated rings. The number of hydrogen-bond acceptors (Lipinski definition) is 7. The number of anilines is 3. The highest BCUT2D eigenvalue weighted by molar-refractivity contribution is 6.02. The molecule has 1 aromatic heterocycles. The topological polar surface area (TPSA) is 122 Å². The number of carbonyl (C=O) groups is 1. The first-order chi connectivity index (χ1) is 16.0. The zero-order valence-electron chi connectivity index (χ0n) is 18.1. The molecule has 1 aliphatic rings. The number of nitrogens with one attached hydrogen (secondary N) is 1. The van der Waals surface area contributed by atoms with Gasteiger partial charge in [-0.3, -0.25) is 4.90 Å². The van der Waals surface area contributed by atoms with Crippen LogP contribution in [0.15, 0.2) is 36.4 Å². The molecule has 178 valence electrons. The van der Waals surface area contributed by atoms with Gasteiger partial charge in [-0.25, -0.2) is 27.8 Å². The number of benzene rings is 2. The number of amides is 2. The van der Waals surface area contributed by atoms with Crippen molar-refractivity contribution >= 4 is 23.5 Å². The number of urea groups is 1. The Bertz CT molecular complexity index is 1270. The molecule has 1 aliphatic heterocycles. The summed E-state index contributed by atoms with van der Waals surface area (Å²) in [7, 11) is 1.16. The second-order valence-corrected chi connectivity index (χ2v) is 7.69. The summed E-state index contributed by atoms with van der Waals surface area (Å²) in [5, 5.41) is 32.1. The fraction of sp³-hybridized carbons (Fsp3) is 0.227. The van der Waals surface area contributed by atoms with Gasteiger partial charge in [0.15, 0.2) is 5.82 Å². The number of rotatable bonds is 5. The van der Waals surface area contributed by atoms with Crippen LogP contribution in [0.25, 0.3) is 11.3 Å². The third kappa shape index (κ3) is 3.91. The Morgan fingerprint density at radius 1 is 1.15 bits per heavy atom. The highest BCUT2D eigenvalue weighted by atomic mass is 19.1. The van der Waals surface area contributed by atoms with E-state index in [9.17, 15) is 33.3 Å². The molecule has 4 N–H and O–H groups in total. The van der Waals surface area contributed by atoms with Gasteiger partial charge in [0, 0.05) is 18.2 Å². The largest absolute Gasteiger partial charge is 0.389 e. The van der Waals surface area contributed by atoms with Crippen LogP contribution in [0.2, 0.25) is 0 Å². The second kappa shape index (κ2) is 8.56. The van der Waals surface area contributed by atoms with Crippen LogP contribution >= 0.6 is 0 Å². The third-order valence-corrected chi connectivity index (χ3v) is 5.46. The molecule has 9 nitrogen and oxygen atoms in total. The quantitative estimate of drug-likeness (QED) is 0.418. The number of fused-ring (bicyclic) bond motifs is 1. The standard InChI is InChI=1S/C22H20F3N5O4/c1-11-8-12(23)6-7-13(11)17-14-9-26-21(32)30(18-15(24)4-3-5-16(18)25)19(14)28-20(27-17)29(2)22(33,34)10-31/h3-8,31,33-34H,9-10H2,1-2H3,(H,26,32). The lowest BCUT2D eigenvalue weighted by Gasteiger charge is -2.34. The number of aromatic nitrogens is 2. The summed E-state index contributed by atoms with van der Waals surface area (Å²) < 4.78 is 43.1. The molecule has 3 aromatic rings. The fourth-order valence-electron chi connectivity index (χ4n) is 3.59. The van der Waals surface area contributed by atoms with Crippen molar-refractivity contribution in [1.29, 1.82) is 0 Å². The predicted molar refractivity (Wildman–Crippen MR) is 116 cm³/mol. The molecule has 0 atom stereocenters. The number of halogens is 3. The monoisotopic (exact) mass is 475 g/mol. The van der Waals surface area contributed by atoms with Gasteiger partial charge < -0.3 is 20.6 Å². The minimum Gasteiger partial charge on any atom is -0.389 e. The normalized spacial score (nSPS) is 13.5. The maximum atomic E-state index is 14.7. The predicted octanol–water partition coefficient (Wildman–Crippen LogP) is 2.30. The number of aliphatic hydroxyl groups is 3. The van der Waals surface area contributed by atoms with Crippen LogP contribution in [0.4, 0.5) is 35.4 Å². The van der Waals surface area contributed by atoms with E-state index in [0.717, 1.165) is 30.1 Å². The molecule has 2 amide bonds. The number of nitrogens with zero attached hydrogens (tertiary/aromatic N) is 4. The molecule has 0 aliphatic carbocycles. The summed E-state index contributed by atoms with van der Waals surface area (Å²) in [6, 6.07) is 6.06. The summed E-state index contributed by atoms with van der Waals surface area (Å²) in [4.78, 5) is 22.7. The van der Waals surface area contributed by atoms with Gasteiger partial charge in [0.1, 0.15) is 29.7 Å². The minimum absolute atomic E-state index is 0.125. The maximum absolute atomic E-state index is 14.7. The molecular formula is C22H20F3N5O4. The number of hydrogen-bond donors (Lipinski definition) is 4. The first-order valence-electron chi connectivity index (χ1n) is 10.0. The van der Waals surface area contributed by atoms with Gasteiger partial charge in [-0.05, 0) is 42.8 Å². The van der Waals surface area contributed by atoms with E-state index in [0.29, 0.717) is 16.0 Å². The molecule has 34 heavy (non-hydrogen) atoms. The summed E-state index contributed by atoms with van der Waals surface area (Å²) in [5.74, 6) is -5.98. The molecule has 4 rings (SSSR count). The number of aliphatic hydroxyl groups excluding tert-OH is 1. The lowest BCUT2D eigenvalue weighted by Crippen LogP contribution is -2.51. The Kier molecular flexibility index (Phi) is 5.89. The van der Waals surface area contributed by atoms with E-state index in [1.54, 1.807) is 6.92 Å². The van der Waals surface area contributed by atoms with Crippen molar-refractivity contribution in [1.82, 2.24) is 15.3 Å². The van der Waals surface area contributed by atoms with Crippen molar-refractivity contribution in [3.05, 3.63) is 65.0 Å².